The second kappa shape index (κ2) is 8.56. The van der Waals surface area contributed by atoms with E-state index in [1.807, 2.05) is 20.8 Å². The summed E-state index contributed by atoms with van der Waals surface area (Å²) in [4.78, 5) is 12.5. The molecule has 0 spiro atoms. The summed E-state index contributed by atoms with van der Waals surface area (Å²) in [6.07, 6.45) is 0.0553. The lowest BCUT2D eigenvalue weighted by molar-refractivity contribution is -0.111. The van der Waals surface area contributed by atoms with Crippen molar-refractivity contribution in [1.29, 1.82) is 0 Å². The van der Waals surface area contributed by atoms with Crippen LogP contribution in [0.1, 0.15) is 38.8 Å². The van der Waals surface area contributed by atoms with Gasteiger partial charge in [0, 0.05) is 11.2 Å². The number of hydrogen-bond donors (Lipinski definition) is 1. The number of benzene rings is 1. The summed E-state index contributed by atoms with van der Waals surface area (Å²) in [5.74, 6) is 0.610. The highest BCUT2D eigenvalue weighted by Gasteiger charge is 2.26. The first-order valence-electron chi connectivity index (χ1n) is 8.02. The maximum Gasteiger partial charge on any atom is 0.250 e. The van der Waals surface area contributed by atoms with Crippen LogP contribution in [-0.4, -0.2) is 25.4 Å². The van der Waals surface area contributed by atoms with Gasteiger partial charge in [0.2, 0.25) is 0 Å². The molecule has 8 heteroatoms. The van der Waals surface area contributed by atoms with E-state index in [0.29, 0.717) is 11.3 Å². The molecule has 0 unspecified atom stereocenters. The van der Waals surface area contributed by atoms with E-state index in [-0.39, 0.29) is 20.5 Å². The third-order valence-electron chi connectivity index (χ3n) is 3.34. The first-order valence-corrected chi connectivity index (χ1v) is 11.2. The van der Waals surface area contributed by atoms with E-state index in [0.717, 1.165) is 11.3 Å². The normalized spacial score (nSPS) is 13.4. The van der Waals surface area contributed by atoms with Crippen molar-refractivity contribution in [2.75, 3.05) is 7.11 Å². The van der Waals surface area contributed by atoms with Crippen molar-refractivity contribution >= 4 is 38.2 Å². The van der Waals surface area contributed by atoms with Crippen LogP contribution in [0.3, 0.4) is 0 Å². The predicted molar refractivity (Wildman–Crippen MR) is 107 cm³/mol. The summed E-state index contributed by atoms with van der Waals surface area (Å²) >= 11 is 2.35. The van der Waals surface area contributed by atoms with Gasteiger partial charge in [0.05, 0.1) is 13.2 Å². The molecule has 5 nitrogen and oxygen atoms in total. The van der Waals surface area contributed by atoms with E-state index >= 15 is 0 Å². The van der Waals surface area contributed by atoms with Gasteiger partial charge in [0.1, 0.15) is 9.96 Å². The first-order chi connectivity index (χ1) is 12.1. The smallest absolute Gasteiger partial charge is 0.250 e. The zero-order valence-corrected chi connectivity index (χ0v) is 17.6. The molecule has 1 atom stereocenters. The molecule has 2 rings (SSSR count). The minimum absolute atomic E-state index is 0.0553. The van der Waals surface area contributed by atoms with Gasteiger partial charge in [-0.2, -0.15) is 0 Å². The molecule has 142 valence electrons. The Kier molecular flexibility index (Phi) is 6.90. The third-order valence-corrected chi connectivity index (χ3v) is 7.22. The summed E-state index contributed by atoms with van der Waals surface area (Å²) in [7, 11) is -2.16. The van der Waals surface area contributed by atoms with Crippen LogP contribution in [0.5, 0.6) is 5.75 Å². The molecule has 0 fully saturated rings. The molecule has 0 saturated carbocycles. The Morgan fingerprint density at radius 3 is 2.58 bits per heavy atom. The van der Waals surface area contributed by atoms with Gasteiger partial charge in [0.25, 0.3) is 10.0 Å². The van der Waals surface area contributed by atoms with Gasteiger partial charge in [-0.15, -0.1) is 11.3 Å². The van der Waals surface area contributed by atoms with Crippen LogP contribution < -0.4 is 9.46 Å². The fraction of sp³-hybridized carbons (Fsp3) is 0.389. The van der Waals surface area contributed by atoms with E-state index in [1.54, 1.807) is 48.9 Å². The highest BCUT2D eigenvalue weighted by atomic mass is 32.2. The highest BCUT2D eigenvalue weighted by molar-refractivity contribution is 8.14. The molecular formula is C18H23NO4S3. The maximum absolute atomic E-state index is 12.6. The monoisotopic (exact) mass is 413 g/mol. The van der Waals surface area contributed by atoms with Crippen LogP contribution in [0.2, 0.25) is 0 Å². The molecule has 1 N–H and O–H groups in total. The van der Waals surface area contributed by atoms with Gasteiger partial charge < -0.3 is 4.74 Å². The van der Waals surface area contributed by atoms with Crippen molar-refractivity contribution in [1.82, 2.24) is 4.72 Å². The van der Waals surface area contributed by atoms with Gasteiger partial charge >= 0.3 is 0 Å². The largest absolute Gasteiger partial charge is 0.497 e. The topological polar surface area (TPSA) is 72.5 Å². The fourth-order valence-electron chi connectivity index (χ4n) is 2.30. The van der Waals surface area contributed by atoms with Crippen LogP contribution in [0.4, 0.5) is 0 Å². The molecule has 0 bridgehead atoms. The molecule has 0 saturated heterocycles. The fourth-order valence-corrected chi connectivity index (χ4v) is 5.46. The van der Waals surface area contributed by atoms with Crippen molar-refractivity contribution in [3.63, 3.8) is 0 Å². The van der Waals surface area contributed by atoms with Gasteiger partial charge in [0.15, 0.2) is 5.12 Å². The molecule has 0 radical (unpaired) electrons. The van der Waals surface area contributed by atoms with Crippen LogP contribution >= 0.6 is 23.1 Å². The molecular weight excluding hydrogens is 390 g/mol. The second-order valence-electron chi connectivity index (χ2n) is 6.67. The number of thioether (sulfide) groups is 1. The van der Waals surface area contributed by atoms with Gasteiger partial charge in [-0.1, -0.05) is 50.7 Å². The minimum Gasteiger partial charge on any atom is -0.497 e. The second-order valence-corrected chi connectivity index (χ2v) is 11.4. The summed E-state index contributed by atoms with van der Waals surface area (Å²) < 4.78 is 33.2. The first kappa shape index (κ1) is 21.0. The van der Waals surface area contributed by atoms with E-state index in [1.165, 1.54) is 11.8 Å². The predicted octanol–water partition coefficient (Wildman–Crippen LogP) is 4.22. The highest BCUT2D eigenvalue weighted by Crippen LogP contribution is 2.31. The maximum atomic E-state index is 12.6. The van der Waals surface area contributed by atoms with E-state index < -0.39 is 16.1 Å². The van der Waals surface area contributed by atoms with Crippen LogP contribution in [0.25, 0.3) is 0 Å². The zero-order chi connectivity index (χ0) is 19.4. The summed E-state index contributed by atoms with van der Waals surface area (Å²) in [6.45, 7) is 5.85. The lowest BCUT2D eigenvalue weighted by atomic mass is 10.1. The number of carbonyl (C=O) groups is 1. The Morgan fingerprint density at radius 2 is 2.00 bits per heavy atom. The summed E-state index contributed by atoms with van der Waals surface area (Å²) in [5.41, 5.74) is 0.687. The number of methoxy groups -OCH3 is 1. The van der Waals surface area contributed by atoms with Crippen molar-refractivity contribution in [3.8, 4) is 5.75 Å². The molecule has 1 aromatic heterocycles. The molecule has 2 aromatic rings. The Labute approximate surface area is 163 Å². The van der Waals surface area contributed by atoms with Crippen molar-refractivity contribution in [3.05, 3.63) is 47.3 Å². The van der Waals surface area contributed by atoms with Crippen molar-refractivity contribution in [2.24, 2.45) is 0 Å². The van der Waals surface area contributed by atoms with E-state index in [2.05, 4.69) is 4.72 Å². The SMILES string of the molecule is COc1cccc([C@@H](CC(=O)SC(C)(C)C)NS(=O)(=O)c2cccs2)c1. The molecule has 1 aromatic carbocycles. The molecule has 0 aliphatic heterocycles. The van der Waals surface area contributed by atoms with Gasteiger partial charge in [-0.05, 0) is 29.1 Å². The average Bonchev–Trinajstić information content (AvgIpc) is 3.07. The van der Waals surface area contributed by atoms with E-state index in [4.69, 9.17) is 4.74 Å². The molecule has 0 aliphatic rings. The number of ether oxygens (including phenoxy) is 1. The lowest BCUT2D eigenvalue weighted by Gasteiger charge is -2.21. The number of rotatable bonds is 7. The minimum atomic E-state index is -3.71. The summed E-state index contributed by atoms with van der Waals surface area (Å²) in [5, 5.41) is 1.63. The van der Waals surface area contributed by atoms with Crippen molar-refractivity contribution < 1.29 is 17.9 Å². The zero-order valence-electron chi connectivity index (χ0n) is 15.2. The van der Waals surface area contributed by atoms with Gasteiger partial charge in [-0.3, -0.25) is 4.79 Å². The number of thiophene rings is 1. The Morgan fingerprint density at radius 1 is 1.27 bits per heavy atom. The Hall–Kier alpha value is -1.35. The number of sulfonamides is 1. The van der Waals surface area contributed by atoms with E-state index in [9.17, 15) is 13.2 Å². The standard InChI is InChI=1S/C18H23NO4S3/c1-18(2,3)25-16(20)12-15(13-7-5-8-14(11-13)23-4)19-26(21,22)17-9-6-10-24-17/h5-11,15,19H,12H2,1-4H3/t15-/m1/s1. The molecule has 0 aliphatic carbocycles. The molecule has 0 amide bonds. The van der Waals surface area contributed by atoms with Crippen molar-refractivity contribution in [2.45, 2.75) is 42.2 Å². The molecule has 26 heavy (non-hydrogen) atoms. The number of carbonyl (C=O) groups excluding carboxylic acids is 1. The summed E-state index contributed by atoms with van der Waals surface area (Å²) in [6, 6.07) is 9.65. The number of hydrogen-bond acceptors (Lipinski definition) is 6. The lowest BCUT2D eigenvalue weighted by Crippen LogP contribution is -2.30. The quantitative estimate of drug-likeness (QED) is 0.736. The van der Waals surface area contributed by atoms with Gasteiger partial charge in [-0.25, -0.2) is 13.1 Å². The van der Waals surface area contributed by atoms with Crippen LogP contribution in [0.15, 0.2) is 46.0 Å². The Bertz CT molecular complexity index is 840. The Balaban J connectivity index is 2.30. The van der Waals surface area contributed by atoms with Crippen LogP contribution in [0, 0.1) is 0 Å². The number of nitrogens with one attached hydrogen (secondary N) is 1. The van der Waals surface area contributed by atoms with Crippen LogP contribution in [-0.2, 0) is 14.8 Å². The molecule has 1 heterocycles. The third kappa shape index (κ3) is 6.12. The average molecular weight is 414 g/mol.